The van der Waals surface area contributed by atoms with Crippen molar-refractivity contribution in [1.29, 1.82) is 0 Å². The summed E-state index contributed by atoms with van der Waals surface area (Å²) < 4.78 is 12.0. The van der Waals surface area contributed by atoms with Crippen LogP contribution in [0, 0.1) is 0 Å². The van der Waals surface area contributed by atoms with E-state index in [1.165, 1.54) is 19.3 Å². The van der Waals surface area contributed by atoms with Crippen LogP contribution in [0.25, 0.3) is 0 Å². The fourth-order valence-electron chi connectivity index (χ4n) is 3.68. The first-order chi connectivity index (χ1) is 15.6. The number of likely N-dealkylation sites (N-methyl/N-ethyl adjacent to an activating group) is 1. The molecule has 0 aromatic rings. The number of allylic oxidation sites excluding steroid dienone is 6. The Balaban J connectivity index is 3.46. The highest BCUT2D eigenvalue weighted by molar-refractivity contribution is 5.69. The van der Waals surface area contributed by atoms with E-state index < -0.39 is 0 Å². The molecule has 0 aromatic carbocycles. The second-order valence-corrected chi connectivity index (χ2v) is 8.45. The molecule has 32 heavy (non-hydrogen) atoms. The van der Waals surface area contributed by atoms with Crippen molar-refractivity contribution in [2.24, 2.45) is 0 Å². The minimum absolute atomic E-state index is 0.0874. The summed E-state index contributed by atoms with van der Waals surface area (Å²) >= 11 is 0. The summed E-state index contributed by atoms with van der Waals surface area (Å²) in [5.41, 5.74) is 0. The normalized spacial score (nSPS) is 12.5. The van der Waals surface area contributed by atoms with Gasteiger partial charge in [-0.3, -0.25) is 4.79 Å². The molecule has 0 amide bonds. The number of unbranched alkanes of at least 4 members (excludes halogenated alkanes) is 5. The first kappa shape index (κ1) is 30.6. The molecule has 0 bridgehead atoms. The van der Waals surface area contributed by atoms with Crippen LogP contribution >= 0.6 is 0 Å². The van der Waals surface area contributed by atoms with Gasteiger partial charge in [-0.25, -0.2) is 0 Å². The molecular formula is C28H52NO3+. The lowest BCUT2D eigenvalue weighted by atomic mass is 10.1. The summed E-state index contributed by atoms with van der Waals surface area (Å²) in [6, 6.07) is 0. The number of nitrogens with zero attached hydrogens (tertiary/aromatic N) is 1. The molecule has 0 atom stereocenters. The van der Waals surface area contributed by atoms with Crippen LogP contribution in [-0.2, 0) is 14.3 Å². The number of carbonyl (C=O) groups is 1. The second kappa shape index (κ2) is 22.8. The van der Waals surface area contributed by atoms with E-state index in [1.54, 1.807) is 0 Å². The van der Waals surface area contributed by atoms with Crippen molar-refractivity contribution in [3.8, 4) is 0 Å². The largest absolute Gasteiger partial charge is 0.463 e. The summed E-state index contributed by atoms with van der Waals surface area (Å²) in [7, 11) is 0. The zero-order valence-electron chi connectivity index (χ0n) is 21.7. The van der Waals surface area contributed by atoms with Crippen molar-refractivity contribution in [3.05, 3.63) is 36.5 Å². The number of carbonyl (C=O) groups excluding carboxylic acids is 1. The molecule has 0 N–H and O–H groups in total. The Morgan fingerprint density at radius 1 is 0.688 bits per heavy atom. The van der Waals surface area contributed by atoms with Gasteiger partial charge in [0.25, 0.3) is 0 Å². The molecule has 0 saturated heterocycles. The summed E-state index contributed by atoms with van der Waals surface area (Å²) in [5.74, 6) is -0.0874. The van der Waals surface area contributed by atoms with Crippen LogP contribution in [0.3, 0.4) is 0 Å². The highest BCUT2D eigenvalue weighted by Gasteiger charge is 2.19. The van der Waals surface area contributed by atoms with Gasteiger partial charge in [0, 0.05) is 6.42 Å². The number of hydrogen-bond acceptors (Lipinski definition) is 3. The Bertz CT molecular complexity index is 499. The molecule has 186 valence electrons. The van der Waals surface area contributed by atoms with Gasteiger partial charge in [0.05, 0.1) is 32.8 Å². The van der Waals surface area contributed by atoms with Crippen molar-refractivity contribution in [3.63, 3.8) is 0 Å². The highest BCUT2D eigenvalue weighted by atomic mass is 16.6. The Morgan fingerprint density at radius 3 is 1.94 bits per heavy atom. The minimum Gasteiger partial charge on any atom is -0.463 e. The lowest BCUT2D eigenvalue weighted by Crippen LogP contribution is -2.49. The van der Waals surface area contributed by atoms with Crippen molar-refractivity contribution < 1.29 is 18.8 Å². The Hall–Kier alpha value is -1.39. The first-order valence-electron chi connectivity index (χ1n) is 13.2. The lowest BCUT2D eigenvalue weighted by molar-refractivity contribution is -0.923. The summed E-state index contributed by atoms with van der Waals surface area (Å²) in [6.07, 6.45) is 24.0. The van der Waals surface area contributed by atoms with E-state index in [4.69, 9.17) is 9.47 Å². The van der Waals surface area contributed by atoms with Crippen molar-refractivity contribution in [1.82, 2.24) is 0 Å². The quantitative estimate of drug-likeness (QED) is 0.0770. The van der Waals surface area contributed by atoms with Gasteiger partial charge >= 0.3 is 5.97 Å². The van der Waals surface area contributed by atoms with Crippen LogP contribution in [0.2, 0.25) is 0 Å². The molecule has 0 aliphatic rings. The Kier molecular flexibility index (Phi) is 21.8. The van der Waals surface area contributed by atoms with Gasteiger partial charge in [-0.1, -0.05) is 62.6 Å². The molecule has 0 rings (SSSR count). The fraction of sp³-hybridized carbons (Fsp3) is 0.750. The van der Waals surface area contributed by atoms with E-state index in [9.17, 15) is 4.79 Å². The topological polar surface area (TPSA) is 35.5 Å². The summed E-state index contributed by atoms with van der Waals surface area (Å²) in [4.78, 5) is 11.8. The van der Waals surface area contributed by atoms with Crippen molar-refractivity contribution in [2.75, 3.05) is 46.0 Å². The third-order valence-electron chi connectivity index (χ3n) is 6.24. The van der Waals surface area contributed by atoms with Gasteiger partial charge in [-0.2, -0.15) is 0 Å². The molecule has 0 aliphatic carbocycles. The smallest absolute Gasteiger partial charge is 0.305 e. The van der Waals surface area contributed by atoms with Gasteiger partial charge in [0.1, 0.15) is 13.2 Å². The molecule has 4 nitrogen and oxygen atoms in total. The van der Waals surface area contributed by atoms with Crippen LogP contribution in [-0.4, -0.2) is 56.5 Å². The van der Waals surface area contributed by atoms with E-state index in [0.29, 0.717) is 19.6 Å². The molecule has 0 spiro atoms. The third-order valence-corrected chi connectivity index (χ3v) is 6.24. The molecule has 0 unspecified atom stereocenters. The number of esters is 1. The maximum atomic E-state index is 11.8. The number of quaternary nitrogens is 1. The Labute approximate surface area is 199 Å². The maximum Gasteiger partial charge on any atom is 0.305 e. The standard InChI is InChI=1S/C28H52NO3/c1-5-9-10-11-12-13-14-15-16-17-18-19-20-21-22-23-28(30)32-27-26-31-25-24-29(6-2,7-3)8-4/h9-10,12-13,15-16H,5-8,11,14,17-27H2,1-4H3/q+1. The van der Waals surface area contributed by atoms with Gasteiger partial charge < -0.3 is 14.0 Å². The SMILES string of the molecule is CCC=CCC=CCC=CCCCCCCCC(=O)OCCOCC[N+](CC)(CC)CC. The number of rotatable bonds is 22. The van der Waals surface area contributed by atoms with Crippen LogP contribution in [0.5, 0.6) is 0 Å². The molecule has 0 radical (unpaired) electrons. The van der Waals surface area contributed by atoms with Gasteiger partial charge in [0.15, 0.2) is 0 Å². The fourth-order valence-corrected chi connectivity index (χ4v) is 3.68. The predicted molar refractivity (Wildman–Crippen MR) is 138 cm³/mol. The molecule has 0 aromatic heterocycles. The monoisotopic (exact) mass is 450 g/mol. The van der Waals surface area contributed by atoms with E-state index in [1.807, 2.05) is 0 Å². The predicted octanol–water partition coefficient (Wildman–Crippen LogP) is 7.01. The number of hydrogen-bond donors (Lipinski definition) is 0. The average Bonchev–Trinajstić information content (AvgIpc) is 2.81. The van der Waals surface area contributed by atoms with E-state index in [0.717, 1.165) is 75.8 Å². The maximum absolute atomic E-state index is 11.8. The summed E-state index contributed by atoms with van der Waals surface area (Å²) in [6.45, 7) is 14.9. The van der Waals surface area contributed by atoms with Crippen LogP contribution < -0.4 is 0 Å². The Morgan fingerprint density at radius 2 is 1.28 bits per heavy atom. The van der Waals surface area contributed by atoms with Crippen LogP contribution in [0.1, 0.15) is 91.9 Å². The van der Waals surface area contributed by atoms with Gasteiger partial charge in [-0.05, 0) is 59.3 Å². The zero-order valence-corrected chi connectivity index (χ0v) is 21.7. The van der Waals surface area contributed by atoms with Crippen molar-refractivity contribution >= 4 is 5.97 Å². The molecule has 0 saturated carbocycles. The highest BCUT2D eigenvalue weighted by Crippen LogP contribution is 2.09. The first-order valence-corrected chi connectivity index (χ1v) is 13.2. The van der Waals surface area contributed by atoms with Crippen molar-refractivity contribution in [2.45, 2.75) is 91.9 Å². The molecule has 4 heteroatoms. The molecule has 0 fully saturated rings. The van der Waals surface area contributed by atoms with Gasteiger partial charge in [-0.15, -0.1) is 0 Å². The minimum atomic E-state index is -0.0874. The third kappa shape index (κ3) is 18.2. The number of ether oxygens (including phenoxy) is 2. The van der Waals surface area contributed by atoms with E-state index >= 15 is 0 Å². The van der Waals surface area contributed by atoms with E-state index in [2.05, 4.69) is 64.2 Å². The lowest BCUT2D eigenvalue weighted by Gasteiger charge is -2.35. The van der Waals surface area contributed by atoms with Gasteiger partial charge in [0.2, 0.25) is 0 Å². The second-order valence-electron chi connectivity index (χ2n) is 8.45. The van der Waals surface area contributed by atoms with Crippen LogP contribution in [0.15, 0.2) is 36.5 Å². The van der Waals surface area contributed by atoms with Crippen LogP contribution in [0.4, 0.5) is 0 Å². The summed E-state index contributed by atoms with van der Waals surface area (Å²) in [5, 5.41) is 0. The zero-order chi connectivity index (χ0) is 23.8. The molecular weight excluding hydrogens is 398 g/mol. The average molecular weight is 451 g/mol. The molecule has 0 heterocycles. The van der Waals surface area contributed by atoms with E-state index in [-0.39, 0.29) is 5.97 Å². The molecule has 0 aliphatic heterocycles.